The van der Waals surface area contributed by atoms with Crippen molar-refractivity contribution in [3.63, 3.8) is 0 Å². The highest BCUT2D eigenvalue weighted by Crippen LogP contribution is 2.56. The van der Waals surface area contributed by atoms with Gasteiger partial charge in [-0.3, -0.25) is 0 Å². The summed E-state index contributed by atoms with van der Waals surface area (Å²) >= 11 is 1.87. The minimum Gasteiger partial charge on any atom is -0.309 e. The topological polar surface area (TPSA) is 3.24 Å². The van der Waals surface area contributed by atoms with Crippen molar-refractivity contribution in [2.45, 2.75) is 19.3 Å². The van der Waals surface area contributed by atoms with Crippen molar-refractivity contribution >= 4 is 48.6 Å². The molecule has 2 heteroatoms. The molecule has 7 aromatic carbocycles. The van der Waals surface area contributed by atoms with Crippen LogP contribution in [0.4, 0.5) is 17.1 Å². The number of hydrogen-bond acceptors (Lipinski definition) is 2. The van der Waals surface area contributed by atoms with Crippen molar-refractivity contribution < 1.29 is 0 Å². The van der Waals surface area contributed by atoms with E-state index in [-0.39, 0.29) is 5.41 Å². The number of nitrogens with zero attached hydrogens (tertiary/aromatic N) is 1. The summed E-state index contributed by atoms with van der Waals surface area (Å²) in [6.07, 6.45) is 0. The maximum Gasteiger partial charge on any atom is 0.0540 e. The van der Waals surface area contributed by atoms with Crippen LogP contribution in [0.5, 0.6) is 0 Å². The van der Waals surface area contributed by atoms with Gasteiger partial charge >= 0.3 is 0 Å². The molecule has 0 aliphatic heterocycles. The molecular formula is C45H33NS. The van der Waals surface area contributed by atoms with Crippen LogP contribution in [-0.2, 0) is 5.41 Å². The van der Waals surface area contributed by atoms with Crippen molar-refractivity contribution in [2.75, 3.05) is 4.90 Å². The fraction of sp³-hybridized carbons (Fsp3) is 0.0667. The van der Waals surface area contributed by atoms with Crippen molar-refractivity contribution in [2.24, 2.45) is 0 Å². The molecule has 0 bridgehead atoms. The first-order chi connectivity index (χ1) is 23.1. The summed E-state index contributed by atoms with van der Waals surface area (Å²) in [7, 11) is 0. The summed E-state index contributed by atoms with van der Waals surface area (Å²) in [6.45, 7) is 4.76. The Morgan fingerprint density at radius 3 is 1.81 bits per heavy atom. The zero-order chi connectivity index (χ0) is 31.5. The molecule has 0 saturated carbocycles. The van der Waals surface area contributed by atoms with Gasteiger partial charge in [-0.2, -0.15) is 0 Å². The van der Waals surface area contributed by atoms with Gasteiger partial charge in [0.2, 0.25) is 0 Å². The third kappa shape index (κ3) is 4.29. The quantitative estimate of drug-likeness (QED) is 0.185. The standard InChI is InChI=1S/C45H33NS/c1-45(2)37-24-10-6-19-32(37)35-23-14-27-40(44(35)45)46(38-25-11-7-18-31(38)30-16-4-3-5-17-30)39-26-12-8-20-33(39)34-22-15-29-42-43(34)36-21-9-13-28-41(36)47-42/h3-29H,1-2H3. The highest BCUT2D eigenvalue weighted by atomic mass is 32.1. The molecule has 9 rings (SSSR count). The summed E-state index contributed by atoms with van der Waals surface area (Å²) in [5, 5.41) is 2.63. The van der Waals surface area contributed by atoms with Crippen molar-refractivity contribution in [1.82, 2.24) is 0 Å². The molecule has 0 fully saturated rings. The maximum absolute atomic E-state index is 2.54. The predicted molar refractivity (Wildman–Crippen MR) is 202 cm³/mol. The molecule has 0 unspecified atom stereocenters. The summed E-state index contributed by atoms with van der Waals surface area (Å²) in [5.74, 6) is 0. The van der Waals surface area contributed by atoms with Gasteiger partial charge in [0.05, 0.1) is 17.1 Å². The van der Waals surface area contributed by atoms with E-state index >= 15 is 0 Å². The predicted octanol–water partition coefficient (Wildman–Crippen LogP) is 13.2. The van der Waals surface area contributed by atoms with Gasteiger partial charge in [0.15, 0.2) is 0 Å². The van der Waals surface area contributed by atoms with Crippen molar-refractivity contribution in [3.05, 3.63) is 175 Å². The Morgan fingerprint density at radius 2 is 0.979 bits per heavy atom. The van der Waals surface area contributed by atoms with Gasteiger partial charge in [0, 0.05) is 36.7 Å². The maximum atomic E-state index is 2.54. The van der Waals surface area contributed by atoms with Gasteiger partial charge in [-0.1, -0.05) is 147 Å². The zero-order valence-corrected chi connectivity index (χ0v) is 27.3. The first kappa shape index (κ1) is 27.8. The number of fused-ring (bicyclic) bond motifs is 6. The lowest BCUT2D eigenvalue weighted by Crippen LogP contribution is -2.21. The molecule has 1 aliphatic rings. The number of hydrogen-bond donors (Lipinski definition) is 0. The first-order valence-electron chi connectivity index (χ1n) is 16.3. The first-order valence-corrected chi connectivity index (χ1v) is 17.1. The smallest absolute Gasteiger partial charge is 0.0540 e. The minimum absolute atomic E-state index is 0.180. The Hall–Kier alpha value is -5.44. The third-order valence-corrected chi connectivity index (χ3v) is 11.0. The largest absolute Gasteiger partial charge is 0.309 e. The number of anilines is 3. The average Bonchev–Trinajstić information content (AvgIpc) is 3.62. The number of para-hydroxylation sites is 2. The monoisotopic (exact) mass is 619 g/mol. The molecule has 1 heterocycles. The molecule has 1 aliphatic carbocycles. The molecular weight excluding hydrogens is 587 g/mol. The average molecular weight is 620 g/mol. The summed E-state index contributed by atoms with van der Waals surface area (Å²) < 4.78 is 2.63. The Bertz CT molecular complexity index is 2450. The van der Waals surface area contributed by atoms with E-state index < -0.39 is 0 Å². The molecule has 0 amide bonds. The Balaban J connectivity index is 1.38. The van der Waals surface area contributed by atoms with E-state index in [4.69, 9.17) is 0 Å². The fourth-order valence-electron chi connectivity index (χ4n) is 7.82. The second-order valence-corrected chi connectivity index (χ2v) is 14.0. The van der Waals surface area contributed by atoms with Crippen LogP contribution >= 0.6 is 11.3 Å². The van der Waals surface area contributed by atoms with Crippen molar-refractivity contribution in [1.29, 1.82) is 0 Å². The Labute approximate surface area is 280 Å². The lowest BCUT2D eigenvalue weighted by Gasteiger charge is -2.34. The lowest BCUT2D eigenvalue weighted by molar-refractivity contribution is 0.661. The molecule has 0 N–H and O–H groups in total. The van der Waals surface area contributed by atoms with E-state index in [1.165, 1.54) is 76.1 Å². The van der Waals surface area contributed by atoms with E-state index in [2.05, 4.69) is 183 Å². The second kappa shape index (κ2) is 10.8. The van der Waals surface area contributed by atoms with Gasteiger partial charge in [-0.05, 0) is 63.7 Å². The van der Waals surface area contributed by atoms with E-state index in [1.807, 2.05) is 11.3 Å². The highest BCUT2D eigenvalue weighted by molar-refractivity contribution is 7.25. The van der Waals surface area contributed by atoms with Gasteiger partial charge in [0.25, 0.3) is 0 Å². The van der Waals surface area contributed by atoms with Crippen LogP contribution < -0.4 is 4.90 Å². The molecule has 1 aromatic heterocycles. The van der Waals surface area contributed by atoms with E-state index in [9.17, 15) is 0 Å². The normalized spacial score (nSPS) is 13.1. The summed E-state index contributed by atoms with van der Waals surface area (Å²) in [6, 6.07) is 60.0. The van der Waals surface area contributed by atoms with E-state index in [0.29, 0.717) is 0 Å². The van der Waals surface area contributed by atoms with Crippen LogP contribution in [0.1, 0.15) is 25.0 Å². The summed E-state index contributed by atoms with van der Waals surface area (Å²) in [4.78, 5) is 2.54. The van der Waals surface area contributed by atoms with Gasteiger partial charge in [-0.15, -0.1) is 11.3 Å². The second-order valence-electron chi connectivity index (χ2n) is 12.9. The van der Waals surface area contributed by atoms with Crippen molar-refractivity contribution in [3.8, 4) is 33.4 Å². The molecule has 0 radical (unpaired) electrons. The van der Waals surface area contributed by atoms with Crippen LogP contribution in [0.2, 0.25) is 0 Å². The number of thiophene rings is 1. The fourth-order valence-corrected chi connectivity index (χ4v) is 8.95. The van der Waals surface area contributed by atoms with Gasteiger partial charge < -0.3 is 4.90 Å². The highest BCUT2D eigenvalue weighted by Gasteiger charge is 2.39. The molecule has 0 spiro atoms. The molecule has 0 atom stereocenters. The van der Waals surface area contributed by atoms with Crippen LogP contribution in [0, 0.1) is 0 Å². The summed E-state index contributed by atoms with van der Waals surface area (Å²) in [5.41, 5.74) is 13.6. The lowest BCUT2D eigenvalue weighted by atomic mass is 9.81. The van der Waals surface area contributed by atoms with Crippen LogP contribution in [-0.4, -0.2) is 0 Å². The zero-order valence-electron chi connectivity index (χ0n) is 26.4. The van der Waals surface area contributed by atoms with Gasteiger partial charge in [0.1, 0.15) is 0 Å². The van der Waals surface area contributed by atoms with Crippen LogP contribution in [0.25, 0.3) is 53.6 Å². The van der Waals surface area contributed by atoms with Gasteiger partial charge in [-0.25, -0.2) is 0 Å². The molecule has 224 valence electrons. The SMILES string of the molecule is CC1(C)c2ccccc2-c2cccc(N(c3ccccc3-c3ccccc3)c3ccccc3-c3cccc4sc5ccccc5c34)c21. The number of benzene rings is 7. The molecule has 0 saturated heterocycles. The van der Waals surface area contributed by atoms with E-state index in [1.54, 1.807) is 0 Å². The molecule has 47 heavy (non-hydrogen) atoms. The van der Waals surface area contributed by atoms with Crippen LogP contribution in [0.15, 0.2) is 164 Å². The third-order valence-electron chi connectivity index (χ3n) is 9.87. The minimum atomic E-state index is -0.180. The molecule has 1 nitrogen and oxygen atoms in total. The van der Waals surface area contributed by atoms with E-state index in [0.717, 1.165) is 5.69 Å². The number of rotatable bonds is 5. The Kier molecular flexibility index (Phi) is 6.41. The Morgan fingerprint density at radius 1 is 0.426 bits per heavy atom. The molecule has 8 aromatic rings. The van der Waals surface area contributed by atoms with Crippen LogP contribution in [0.3, 0.4) is 0 Å².